The highest BCUT2D eigenvalue weighted by Gasteiger charge is 2.36. The molecule has 2 aromatic rings. The van der Waals surface area contributed by atoms with Crippen molar-refractivity contribution in [2.45, 2.75) is 12.4 Å². The predicted molar refractivity (Wildman–Crippen MR) is 70.4 cm³/mol. The van der Waals surface area contributed by atoms with Crippen LogP contribution in [0.25, 0.3) is 0 Å². The van der Waals surface area contributed by atoms with E-state index in [1.54, 1.807) is 0 Å². The molecule has 0 spiro atoms. The van der Waals surface area contributed by atoms with Crippen LogP contribution in [0.4, 0.5) is 32.2 Å². The van der Waals surface area contributed by atoms with E-state index in [0.29, 0.717) is 12.5 Å². The summed E-state index contributed by atoms with van der Waals surface area (Å²) in [6.45, 7) is -0.424. The van der Waals surface area contributed by atoms with Gasteiger partial charge in [0.1, 0.15) is 11.3 Å². The summed E-state index contributed by atoms with van der Waals surface area (Å²) < 4.78 is 79.9. The Balaban J connectivity index is 2.00. The summed E-state index contributed by atoms with van der Waals surface area (Å²) in [6.07, 6.45) is -8.07. The molecule has 0 saturated heterocycles. The summed E-state index contributed by atoms with van der Waals surface area (Å²) >= 11 is 5.54. The Morgan fingerprint density at radius 1 is 1.00 bits per heavy atom. The number of halogens is 7. The highest BCUT2D eigenvalue weighted by molar-refractivity contribution is 6.33. The smallest absolute Gasteiger partial charge is 0.435 e. The highest BCUT2D eigenvalue weighted by atomic mass is 35.5. The molecule has 2 heterocycles. The maximum atomic E-state index is 12.6. The first-order valence-corrected chi connectivity index (χ1v) is 6.44. The number of rotatable bonds is 4. The van der Waals surface area contributed by atoms with Crippen molar-refractivity contribution in [3.8, 4) is 5.88 Å². The average Bonchev–Trinajstić information content (AvgIpc) is 2.47. The first-order chi connectivity index (χ1) is 11.1. The van der Waals surface area contributed by atoms with Gasteiger partial charge in [-0.1, -0.05) is 11.6 Å². The van der Waals surface area contributed by atoms with Crippen molar-refractivity contribution in [2.24, 2.45) is 0 Å². The Hall–Kier alpha value is -2.30. The zero-order valence-electron chi connectivity index (χ0n) is 11.4. The van der Waals surface area contributed by atoms with Crippen LogP contribution >= 0.6 is 11.6 Å². The molecular weight excluding hydrogens is 366 g/mol. The van der Waals surface area contributed by atoms with Gasteiger partial charge in [-0.25, -0.2) is 15.0 Å². The third-order valence-corrected chi connectivity index (χ3v) is 2.94. The lowest BCUT2D eigenvalue weighted by molar-refractivity contribution is -0.141. The number of nitrogens with one attached hydrogen (secondary N) is 1. The standard InChI is InChI=1S/C12H7ClF6N4O/c13-8-9(12(17,18)19)21-4-22-10(8)23-5-24-7-2-1-6(3-20-7)11(14,15)16/h1-4H,5H2,(H,21,22,23). The Morgan fingerprint density at radius 2 is 1.71 bits per heavy atom. The Morgan fingerprint density at radius 3 is 2.25 bits per heavy atom. The molecule has 0 radical (unpaired) electrons. The number of ether oxygens (including phenoxy) is 1. The van der Waals surface area contributed by atoms with Gasteiger partial charge in [0.2, 0.25) is 5.88 Å². The summed E-state index contributed by atoms with van der Waals surface area (Å²) in [7, 11) is 0. The summed E-state index contributed by atoms with van der Waals surface area (Å²) in [5.74, 6) is -0.511. The summed E-state index contributed by atoms with van der Waals surface area (Å²) in [4.78, 5) is 10.00. The second-order valence-electron chi connectivity index (χ2n) is 4.23. The molecule has 0 aliphatic carbocycles. The zero-order valence-corrected chi connectivity index (χ0v) is 12.2. The van der Waals surface area contributed by atoms with Gasteiger partial charge < -0.3 is 10.1 Å². The quantitative estimate of drug-likeness (QED) is 0.649. The summed E-state index contributed by atoms with van der Waals surface area (Å²) in [5, 5.41) is 1.60. The topological polar surface area (TPSA) is 59.9 Å². The van der Waals surface area contributed by atoms with Gasteiger partial charge in [-0.05, 0) is 6.07 Å². The van der Waals surface area contributed by atoms with Crippen molar-refractivity contribution in [1.82, 2.24) is 15.0 Å². The van der Waals surface area contributed by atoms with Crippen molar-refractivity contribution in [1.29, 1.82) is 0 Å². The Labute approximate surface area is 135 Å². The van der Waals surface area contributed by atoms with Crippen LogP contribution in [0.1, 0.15) is 11.3 Å². The van der Waals surface area contributed by atoms with E-state index < -0.39 is 35.4 Å². The van der Waals surface area contributed by atoms with Crippen LogP contribution in [0.15, 0.2) is 24.7 Å². The fourth-order valence-electron chi connectivity index (χ4n) is 1.50. The lowest BCUT2D eigenvalue weighted by atomic mass is 10.3. The van der Waals surface area contributed by atoms with Gasteiger partial charge in [0.25, 0.3) is 0 Å². The highest BCUT2D eigenvalue weighted by Crippen LogP contribution is 2.35. The molecular formula is C12H7ClF6N4O. The maximum Gasteiger partial charge on any atom is 0.435 e. The van der Waals surface area contributed by atoms with Gasteiger partial charge in [-0.3, -0.25) is 0 Å². The average molecular weight is 373 g/mol. The molecule has 0 amide bonds. The van der Waals surface area contributed by atoms with Gasteiger partial charge >= 0.3 is 12.4 Å². The van der Waals surface area contributed by atoms with Gasteiger partial charge in [-0.2, -0.15) is 26.3 Å². The van der Waals surface area contributed by atoms with Crippen LogP contribution in [0.3, 0.4) is 0 Å². The fraction of sp³-hybridized carbons (Fsp3) is 0.250. The minimum Gasteiger partial charge on any atom is -0.456 e. The SMILES string of the molecule is FC(F)(F)c1ccc(OCNc2ncnc(C(F)(F)F)c2Cl)nc1. The molecule has 2 rings (SSSR count). The molecule has 2 aromatic heterocycles. The van der Waals surface area contributed by atoms with E-state index in [0.717, 1.165) is 12.1 Å². The van der Waals surface area contributed by atoms with Crippen LogP contribution in [0.5, 0.6) is 5.88 Å². The molecule has 5 nitrogen and oxygen atoms in total. The molecule has 1 N–H and O–H groups in total. The van der Waals surface area contributed by atoms with Crippen molar-refractivity contribution in [3.63, 3.8) is 0 Å². The number of anilines is 1. The monoisotopic (exact) mass is 372 g/mol. The normalized spacial score (nSPS) is 12.1. The van der Waals surface area contributed by atoms with Crippen molar-refractivity contribution < 1.29 is 31.1 Å². The van der Waals surface area contributed by atoms with Crippen LogP contribution in [-0.4, -0.2) is 21.7 Å². The molecule has 0 atom stereocenters. The third kappa shape index (κ3) is 4.37. The van der Waals surface area contributed by atoms with E-state index in [-0.39, 0.29) is 11.7 Å². The summed E-state index contributed by atoms with van der Waals surface area (Å²) in [5.41, 5.74) is -2.29. The van der Waals surface area contributed by atoms with Gasteiger partial charge in [0.15, 0.2) is 18.2 Å². The zero-order chi connectivity index (χ0) is 18.0. The van der Waals surface area contributed by atoms with E-state index in [2.05, 4.69) is 20.3 Å². The molecule has 0 aliphatic rings. The number of nitrogens with zero attached hydrogens (tertiary/aromatic N) is 3. The second kappa shape index (κ2) is 6.67. The van der Waals surface area contributed by atoms with Gasteiger partial charge in [-0.15, -0.1) is 0 Å². The van der Waals surface area contributed by atoms with Crippen molar-refractivity contribution in [3.05, 3.63) is 40.9 Å². The number of alkyl halides is 6. The van der Waals surface area contributed by atoms with Crippen molar-refractivity contribution in [2.75, 3.05) is 12.0 Å². The number of hydrogen-bond acceptors (Lipinski definition) is 5. The maximum absolute atomic E-state index is 12.6. The van der Waals surface area contributed by atoms with Crippen molar-refractivity contribution >= 4 is 17.4 Å². The molecule has 130 valence electrons. The minimum atomic E-state index is -4.76. The summed E-state index contributed by atoms with van der Waals surface area (Å²) in [6, 6.07) is 1.72. The molecule has 0 aliphatic heterocycles. The first kappa shape index (κ1) is 18.0. The van der Waals surface area contributed by atoms with Gasteiger partial charge in [0.05, 0.1) is 5.56 Å². The molecule has 0 saturated carbocycles. The molecule has 12 heteroatoms. The van der Waals surface area contributed by atoms with E-state index in [1.165, 1.54) is 0 Å². The minimum absolute atomic E-state index is 0.170. The van der Waals surface area contributed by atoms with E-state index >= 15 is 0 Å². The molecule has 24 heavy (non-hydrogen) atoms. The van der Waals surface area contributed by atoms with Crippen LogP contribution in [0.2, 0.25) is 5.02 Å². The number of pyridine rings is 1. The largest absolute Gasteiger partial charge is 0.456 e. The molecule has 0 aromatic carbocycles. The van der Waals surface area contributed by atoms with Crippen LogP contribution in [0, 0.1) is 0 Å². The Bertz CT molecular complexity index is 704. The lowest BCUT2D eigenvalue weighted by Gasteiger charge is -2.12. The third-order valence-electron chi connectivity index (χ3n) is 2.58. The Kier molecular flexibility index (Phi) is 5.02. The van der Waals surface area contributed by atoms with E-state index in [9.17, 15) is 26.3 Å². The molecule has 0 unspecified atom stereocenters. The fourth-order valence-corrected chi connectivity index (χ4v) is 1.77. The van der Waals surface area contributed by atoms with E-state index in [1.807, 2.05) is 0 Å². The molecule has 0 fully saturated rings. The lowest BCUT2D eigenvalue weighted by Crippen LogP contribution is -2.15. The number of hydrogen-bond donors (Lipinski definition) is 1. The first-order valence-electron chi connectivity index (χ1n) is 6.06. The van der Waals surface area contributed by atoms with Crippen LogP contribution < -0.4 is 10.1 Å². The van der Waals surface area contributed by atoms with Crippen LogP contribution in [-0.2, 0) is 12.4 Å². The van der Waals surface area contributed by atoms with Gasteiger partial charge in [0, 0.05) is 12.3 Å². The molecule has 0 bridgehead atoms. The number of aromatic nitrogens is 3. The second-order valence-corrected chi connectivity index (χ2v) is 4.61. The van der Waals surface area contributed by atoms with E-state index in [4.69, 9.17) is 16.3 Å². The predicted octanol–water partition coefficient (Wildman–Crippen LogP) is 4.01.